The number of nitrogens with two attached hydrogens (primary N) is 1. The zero-order chi connectivity index (χ0) is 6.85. The largest absolute Gasteiger partial charge is 0.366 e. The van der Waals surface area contributed by atoms with E-state index in [1.54, 1.807) is 0 Å². The Morgan fingerprint density at radius 2 is 2.33 bits per heavy atom. The highest BCUT2D eigenvalue weighted by Gasteiger charge is 2.07. The van der Waals surface area contributed by atoms with Gasteiger partial charge in [-0.1, -0.05) is 0 Å². The molecule has 6 nitrogen and oxygen atoms in total. The average molecular weight is 129 g/mol. The molecule has 0 saturated heterocycles. The van der Waals surface area contributed by atoms with Crippen molar-refractivity contribution in [1.29, 1.82) is 0 Å². The molecule has 0 unspecified atom stereocenters. The number of rotatable bonds is 1. The number of nitrogens with one attached hydrogen (secondary N) is 1. The lowest BCUT2D eigenvalue weighted by atomic mass is 10.5. The van der Waals surface area contributed by atoms with Gasteiger partial charge in [-0.3, -0.25) is 4.79 Å². The molecule has 1 aromatic heterocycles. The van der Waals surface area contributed by atoms with Crippen molar-refractivity contribution in [2.24, 2.45) is 5.18 Å². The molecule has 0 aliphatic carbocycles. The first kappa shape index (κ1) is 5.54. The van der Waals surface area contributed by atoms with Crippen LogP contribution in [-0.4, -0.2) is 5.16 Å². The smallest absolute Gasteiger partial charge is 0.311 e. The normalized spacial score (nSPS) is 9.33. The van der Waals surface area contributed by atoms with Crippen LogP contribution in [-0.2, 0) is 0 Å². The van der Waals surface area contributed by atoms with Crippen LogP contribution in [0.2, 0.25) is 0 Å². The Hall–Kier alpha value is -1.59. The third-order valence-electron chi connectivity index (χ3n) is 0.793. The third kappa shape index (κ3) is 0.693. The molecule has 0 bridgehead atoms. The van der Waals surface area contributed by atoms with E-state index in [9.17, 15) is 9.70 Å². The summed E-state index contributed by atoms with van der Waals surface area (Å²) in [5, 5.41) is 4.16. The Morgan fingerprint density at radius 1 is 1.67 bits per heavy atom. The highest BCUT2D eigenvalue weighted by molar-refractivity contribution is 5.52. The van der Waals surface area contributed by atoms with Gasteiger partial charge in [-0.15, -0.1) is 4.91 Å². The second-order valence-electron chi connectivity index (χ2n) is 1.34. The molecule has 0 aliphatic rings. The van der Waals surface area contributed by atoms with Crippen molar-refractivity contribution in [3.63, 3.8) is 0 Å². The number of anilines is 1. The van der Waals surface area contributed by atoms with Crippen LogP contribution in [0.4, 0.5) is 11.6 Å². The summed E-state index contributed by atoms with van der Waals surface area (Å²) in [6.07, 6.45) is 0. The Bertz CT molecular complexity index is 272. The zero-order valence-corrected chi connectivity index (χ0v) is 4.25. The molecule has 6 heteroatoms. The van der Waals surface area contributed by atoms with E-state index in [4.69, 9.17) is 5.73 Å². The van der Waals surface area contributed by atoms with Crippen molar-refractivity contribution in [2.45, 2.75) is 0 Å². The maximum Gasteiger partial charge on any atom is 0.311 e. The van der Waals surface area contributed by atoms with Crippen LogP contribution in [0.3, 0.4) is 0 Å². The van der Waals surface area contributed by atoms with E-state index in [0.717, 1.165) is 0 Å². The monoisotopic (exact) mass is 129 g/mol. The van der Waals surface area contributed by atoms with E-state index in [-0.39, 0.29) is 5.88 Å². The number of hydrogen-bond donors (Lipinski definition) is 2. The fourth-order valence-corrected chi connectivity index (χ4v) is 0.396. The van der Waals surface area contributed by atoms with Gasteiger partial charge in [0.05, 0.1) is 0 Å². The molecular weight excluding hydrogens is 126 g/mol. The first-order valence-corrected chi connectivity index (χ1v) is 2.06. The summed E-state index contributed by atoms with van der Waals surface area (Å²) in [5.74, 6) is -0.282. The van der Waals surface area contributed by atoms with Gasteiger partial charge >= 0.3 is 5.56 Å². The minimum atomic E-state index is -0.706. The van der Waals surface area contributed by atoms with Gasteiger partial charge in [0.25, 0.3) is 5.88 Å². The van der Waals surface area contributed by atoms with E-state index in [1.807, 2.05) is 5.16 Å². The maximum atomic E-state index is 10.3. The Balaban J connectivity index is 3.40. The number of hydrogen-bond acceptors (Lipinski definition) is 5. The quantitative estimate of drug-likeness (QED) is 0.519. The number of aromatic nitrogens is 1. The second-order valence-corrected chi connectivity index (χ2v) is 1.34. The summed E-state index contributed by atoms with van der Waals surface area (Å²) in [7, 11) is 0. The van der Waals surface area contributed by atoms with Crippen molar-refractivity contribution in [3.05, 3.63) is 15.3 Å². The average Bonchev–Trinajstić information content (AvgIpc) is 2.12. The van der Waals surface area contributed by atoms with Crippen molar-refractivity contribution in [2.75, 3.05) is 5.73 Å². The molecule has 0 saturated carbocycles. The third-order valence-corrected chi connectivity index (χ3v) is 0.793. The number of aromatic amines is 1. The summed E-state index contributed by atoms with van der Waals surface area (Å²) in [4.78, 5) is 20.0. The lowest BCUT2D eigenvalue weighted by molar-refractivity contribution is 0.430. The van der Waals surface area contributed by atoms with Gasteiger partial charge in [-0.2, -0.15) is 5.16 Å². The molecule has 1 aromatic rings. The molecule has 0 atom stereocenters. The van der Waals surface area contributed by atoms with E-state index >= 15 is 0 Å². The summed E-state index contributed by atoms with van der Waals surface area (Å²) >= 11 is 0. The highest BCUT2D eigenvalue weighted by atomic mass is 16.5. The predicted octanol–water partition coefficient (Wildman–Crippen LogP) is -0.0520. The molecule has 0 fully saturated rings. The van der Waals surface area contributed by atoms with Crippen molar-refractivity contribution in [3.8, 4) is 0 Å². The van der Waals surface area contributed by atoms with Crippen LogP contribution < -0.4 is 11.3 Å². The van der Waals surface area contributed by atoms with Crippen LogP contribution in [0.1, 0.15) is 0 Å². The lowest BCUT2D eigenvalue weighted by Crippen LogP contribution is -1.95. The van der Waals surface area contributed by atoms with Gasteiger partial charge in [0, 0.05) is 0 Å². The lowest BCUT2D eigenvalue weighted by Gasteiger charge is -1.74. The summed E-state index contributed by atoms with van der Waals surface area (Å²) in [5.41, 5.74) is 3.85. The first-order valence-electron chi connectivity index (χ1n) is 2.06. The van der Waals surface area contributed by atoms with E-state index < -0.39 is 11.2 Å². The molecule has 9 heavy (non-hydrogen) atoms. The van der Waals surface area contributed by atoms with Gasteiger partial charge in [-0.25, -0.2) is 0 Å². The van der Waals surface area contributed by atoms with Crippen LogP contribution in [0.25, 0.3) is 0 Å². The van der Waals surface area contributed by atoms with Gasteiger partial charge in [0.15, 0.2) is 0 Å². The van der Waals surface area contributed by atoms with Gasteiger partial charge in [-0.05, 0) is 5.18 Å². The molecule has 1 heterocycles. The summed E-state index contributed by atoms with van der Waals surface area (Å²) in [6.45, 7) is 0. The molecule has 1 rings (SSSR count). The number of H-pyrrole nitrogens is 1. The SMILES string of the molecule is Nc1o[nH]c(=O)c1N=O. The van der Waals surface area contributed by atoms with E-state index in [1.165, 1.54) is 0 Å². The molecule has 0 radical (unpaired) electrons. The molecule has 0 spiro atoms. The highest BCUT2D eigenvalue weighted by Crippen LogP contribution is 2.13. The Morgan fingerprint density at radius 3 is 2.56 bits per heavy atom. The maximum absolute atomic E-state index is 10.3. The van der Waals surface area contributed by atoms with Crippen LogP contribution >= 0.6 is 0 Å². The van der Waals surface area contributed by atoms with Crippen LogP contribution in [0.5, 0.6) is 0 Å². The van der Waals surface area contributed by atoms with Gasteiger partial charge in [0.2, 0.25) is 5.69 Å². The topological polar surface area (TPSA) is 101 Å². The van der Waals surface area contributed by atoms with Crippen LogP contribution in [0, 0.1) is 4.91 Å². The number of nitrogens with zero attached hydrogens (tertiary/aromatic N) is 1. The zero-order valence-electron chi connectivity index (χ0n) is 4.25. The molecule has 0 aromatic carbocycles. The summed E-state index contributed by atoms with van der Waals surface area (Å²) in [6, 6.07) is 0. The van der Waals surface area contributed by atoms with Gasteiger partial charge in [0.1, 0.15) is 0 Å². The number of nitroso groups, excluding NO2 is 1. The Kier molecular flexibility index (Phi) is 1.07. The number of nitrogen functional groups attached to an aromatic ring is 1. The van der Waals surface area contributed by atoms with Crippen molar-refractivity contribution in [1.82, 2.24) is 5.16 Å². The van der Waals surface area contributed by atoms with E-state index in [2.05, 4.69) is 9.70 Å². The summed E-state index contributed by atoms with van der Waals surface area (Å²) < 4.78 is 4.23. The first-order chi connectivity index (χ1) is 4.25. The molecule has 0 aliphatic heterocycles. The van der Waals surface area contributed by atoms with Crippen molar-refractivity contribution >= 4 is 11.6 Å². The molecule has 48 valence electrons. The molecule has 3 N–H and O–H groups in total. The minimum Gasteiger partial charge on any atom is -0.366 e. The predicted molar refractivity (Wildman–Crippen MR) is 29.2 cm³/mol. The fourth-order valence-electron chi connectivity index (χ4n) is 0.396. The second kappa shape index (κ2) is 1.73. The molecule has 0 amide bonds. The standard InChI is InChI=1S/C3H3N3O3/c4-2-1(5-8)3(7)6-9-2/h4H2,(H,6,7). The minimum absolute atomic E-state index is 0.282. The van der Waals surface area contributed by atoms with Gasteiger partial charge < -0.3 is 10.3 Å². The van der Waals surface area contributed by atoms with Crippen molar-refractivity contribution < 1.29 is 4.52 Å². The fraction of sp³-hybridized carbons (Fsp3) is 0. The van der Waals surface area contributed by atoms with Crippen LogP contribution in [0.15, 0.2) is 14.5 Å². The Labute approximate surface area is 48.6 Å². The van der Waals surface area contributed by atoms with E-state index in [0.29, 0.717) is 0 Å². The molecular formula is C3H3N3O3.